The van der Waals surface area contributed by atoms with E-state index >= 15 is 0 Å². The molecule has 1 atom stereocenters. The first-order valence-electron chi connectivity index (χ1n) is 5.16. The summed E-state index contributed by atoms with van der Waals surface area (Å²) in [5.41, 5.74) is 7.04. The van der Waals surface area contributed by atoms with Gasteiger partial charge in [-0.2, -0.15) is 0 Å². The molecule has 80 valence electrons. The first-order chi connectivity index (χ1) is 7.29. The van der Waals surface area contributed by atoms with Crippen LogP contribution in [0.25, 0.3) is 0 Å². The minimum Gasteiger partial charge on any atom is -0.481 e. The molecule has 0 heterocycles. The van der Waals surface area contributed by atoms with Gasteiger partial charge in [-0.1, -0.05) is 31.0 Å². The summed E-state index contributed by atoms with van der Waals surface area (Å²) in [6.07, 6.45) is 0.903. The Bertz CT molecular complexity index is 362. The average Bonchev–Trinajstić information content (AvgIpc) is 2.29. The molecule has 1 aromatic carbocycles. The second kappa shape index (κ2) is 6.10. The molecule has 1 aromatic rings. The number of para-hydroxylation sites is 1. The van der Waals surface area contributed by atoms with Gasteiger partial charge in [-0.15, -0.1) is 5.92 Å². The molecule has 0 aliphatic rings. The Morgan fingerprint density at radius 2 is 2.13 bits per heavy atom. The third-order valence-electron chi connectivity index (χ3n) is 2.23. The van der Waals surface area contributed by atoms with E-state index in [2.05, 4.69) is 18.8 Å². The topological polar surface area (TPSA) is 35.2 Å². The number of hydrogen-bond acceptors (Lipinski definition) is 2. The maximum atomic E-state index is 5.98. The van der Waals surface area contributed by atoms with Gasteiger partial charge >= 0.3 is 0 Å². The van der Waals surface area contributed by atoms with Crippen LogP contribution in [0, 0.1) is 11.8 Å². The Hall–Kier alpha value is -1.46. The van der Waals surface area contributed by atoms with Gasteiger partial charge < -0.3 is 10.5 Å². The minimum atomic E-state index is 0.0378. The molecule has 0 saturated heterocycles. The second-order valence-corrected chi connectivity index (χ2v) is 3.27. The first kappa shape index (κ1) is 11.6. The number of nitrogens with two attached hydrogens (primary N) is 1. The molecule has 0 fully saturated rings. The van der Waals surface area contributed by atoms with Crippen LogP contribution in [0.2, 0.25) is 0 Å². The monoisotopic (exact) mass is 203 g/mol. The Morgan fingerprint density at radius 3 is 2.80 bits per heavy atom. The molecule has 0 amide bonds. The molecule has 0 radical (unpaired) electrons. The van der Waals surface area contributed by atoms with E-state index in [9.17, 15) is 0 Å². The lowest BCUT2D eigenvalue weighted by Crippen LogP contribution is -2.10. The van der Waals surface area contributed by atoms with Crippen molar-refractivity contribution in [2.24, 2.45) is 5.73 Å². The molecule has 2 N–H and O–H groups in total. The number of ether oxygens (including phenoxy) is 1. The highest BCUT2D eigenvalue weighted by molar-refractivity contribution is 5.35. The lowest BCUT2D eigenvalue weighted by atomic mass is 10.0. The van der Waals surface area contributed by atoms with Gasteiger partial charge in [-0.05, 0) is 19.4 Å². The summed E-state index contributed by atoms with van der Waals surface area (Å²) in [6, 6.07) is 7.89. The van der Waals surface area contributed by atoms with Crippen LogP contribution in [0.1, 0.15) is 31.9 Å². The van der Waals surface area contributed by atoms with Crippen molar-refractivity contribution >= 4 is 0 Å². The molecular formula is C13H17NO. The van der Waals surface area contributed by atoms with Crippen LogP contribution in [-0.2, 0) is 0 Å². The largest absolute Gasteiger partial charge is 0.481 e. The molecule has 0 saturated carbocycles. The molecule has 0 aromatic heterocycles. The molecule has 0 bridgehead atoms. The zero-order valence-corrected chi connectivity index (χ0v) is 9.29. The van der Waals surface area contributed by atoms with Gasteiger partial charge in [0.25, 0.3) is 0 Å². The maximum Gasteiger partial charge on any atom is 0.149 e. The highest BCUT2D eigenvalue weighted by atomic mass is 16.5. The van der Waals surface area contributed by atoms with Gasteiger partial charge in [0.15, 0.2) is 0 Å². The van der Waals surface area contributed by atoms with E-state index < -0.39 is 0 Å². The Labute approximate surface area is 91.4 Å². The number of hydrogen-bond donors (Lipinski definition) is 1. The van der Waals surface area contributed by atoms with Gasteiger partial charge in [0.2, 0.25) is 0 Å². The van der Waals surface area contributed by atoms with E-state index in [1.807, 2.05) is 24.3 Å². The van der Waals surface area contributed by atoms with Crippen molar-refractivity contribution in [3.05, 3.63) is 29.8 Å². The van der Waals surface area contributed by atoms with E-state index in [4.69, 9.17) is 10.5 Å². The van der Waals surface area contributed by atoms with E-state index in [1.54, 1.807) is 6.92 Å². The zero-order valence-electron chi connectivity index (χ0n) is 9.29. The fourth-order valence-corrected chi connectivity index (χ4v) is 1.32. The van der Waals surface area contributed by atoms with E-state index in [0.717, 1.165) is 17.7 Å². The minimum absolute atomic E-state index is 0.0378. The van der Waals surface area contributed by atoms with Crippen molar-refractivity contribution < 1.29 is 4.74 Å². The molecule has 0 aliphatic heterocycles. The standard InChI is InChI=1S/C13H17NO/c1-3-5-10-15-13-9-7-6-8-11(13)12(14)4-2/h6-9,12H,4,10,14H2,1-2H3/t12-/m1/s1. The number of rotatable bonds is 4. The van der Waals surface area contributed by atoms with E-state index in [0.29, 0.717) is 6.61 Å². The van der Waals surface area contributed by atoms with Crippen molar-refractivity contribution in [1.29, 1.82) is 0 Å². The van der Waals surface area contributed by atoms with Crippen LogP contribution in [-0.4, -0.2) is 6.61 Å². The average molecular weight is 203 g/mol. The Morgan fingerprint density at radius 1 is 1.40 bits per heavy atom. The summed E-state index contributed by atoms with van der Waals surface area (Å²) in [4.78, 5) is 0. The van der Waals surface area contributed by atoms with Gasteiger partial charge in [-0.25, -0.2) is 0 Å². The second-order valence-electron chi connectivity index (χ2n) is 3.27. The zero-order chi connectivity index (χ0) is 11.1. The van der Waals surface area contributed by atoms with Crippen LogP contribution < -0.4 is 10.5 Å². The van der Waals surface area contributed by atoms with Crippen LogP contribution in [0.15, 0.2) is 24.3 Å². The normalized spacial score (nSPS) is 11.4. The molecule has 0 aliphatic carbocycles. The summed E-state index contributed by atoms with van der Waals surface area (Å²) in [5, 5.41) is 0. The fraction of sp³-hybridized carbons (Fsp3) is 0.385. The predicted molar refractivity (Wildman–Crippen MR) is 62.6 cm³/mol. The Kier molecular flexibility index (Phi) is 4.73. The van der Waals surface area contributed by atoms with Gasteiger partial charge in [0, 0.05) is 11.6 Å². The van der Waals surface area contributed by atoms with E-state index in [1.165, 1.54) is 0 Å². The molecule has 2 heteroatoms. The highest BCUT2D eigenvalue weighted by Crippen LogP contribution is 2.24. The SMILES string of the molecule is CC#CCOc1ccccc1[C@H](N)CC. The van der Waals surface area contributed by atoms with Gasteiger partial charge in [-0.3, -0.25) is 0 Å². The summed E-state index contributed by atoms with van der Waals surface area (Å²) >= 11 is 0. The molecule has 1 rings (SSSR count). The molecule has 0 spiro atoms. The van der Waals surface area contributed by atoms with Crippen molar-refractivity contribution in [3.63, 3.8) is 0 Å². The maximum absolute atomic E-state index is 5.98. The smallest absolute Gasteiger partial charge is 0.149 e. The van der Waals surface area contributed by atoms with Crippen molar-refractivity contribution in [2.45, 2.75) is 26.3 Å². The van der Waals surface area contributed by atoms with Crippen molar-refractivity contribution in [1.82, 2.24) is 0 Å². The van der Waals surface area contributed by atoms with Crippen LogP contribution in [0.4, 0.5) is 0 Å². The quantitative estimate of drug-likeness (QED) is 0.763. The molecule has 2 nitrogen and oxygen atoms in total. The Balaban J connectivity index is 2.79. The van der Waals surface area contributed by atoms with E-state index in [-0.39, 0.29) is 6.04 Å². The van der Waals surface area contributed by atoms with Crippen molar-refractivity contribution in [3.8, 4) is 17.6 Å². The van der Waals surface area contributed by atoms with Gasteiger partial charge in [0.05, 0.1) is 0 Å². The highest BCUT2D eigenvalue weighted by Gasteiger charge is 2.08. The van der Waals surface area contributed by atoms with Crippen LogP contribution in [0.5, 0.6) is 5.75 Å². The fourth-order valence-electron chi connectivity index (χ4n) is 1.32. The predicted octanol–water partition coefficient (Wildman–Crippen LogP) is 2.50. The molecule has 15 heavy (non-hydrogen) atoms. The summed E-state index contributed by atoms with van der Waals surface area (Å²) in [5.74, 6) is 6.50. The third-order valence-corrected chi connectivity index (χ3v) is 2.23. The summed E-state index contributed by atoms with van der Waals surface area (Å²) in [6.45, 7) is 4.28. The summed E-state index contributed by atoms with van der Waals surface area (Å²) in [7, 11) is 0. The molecule has 0 unspecified atom stereocenters. The van der Waals surface area contributed by atoms with Gasteiger partial charge in [0.1, 0.15) is 12.4 Å². The lowest BCUT2D eigenvalue weighted by Gasteiger charge is -2.14. The number of benzene rings is 1. The third kappa shape index (κ3) is 3.30. The van der Waals surface area contributed by atoms with Crippen LogP contribution >= 0.6 is 0 Å². The lowest BCUT2D eigenvalue weighted by molar-refractivity contribution is 0.362. The summed E-state index contributed by atoms with van der Waals surface area (Å²) < 4.78 is 5.55. The van der Waals surface area contributed by atoms with Crippen molar-refractivity contribution in [2.75, 3.05) is 6.61 Å². The first-order valence-corrected chi connectivity index (χ1v) is 5.16. The molecular weight excluding hydrogens is 186 g/mol. The van der Waals surface area contributed by atoms with Crippen LogP contribution in [0.3, 0.4) is 0 Å².